The normalized spacial score (nSPS) is 18.6. The summed E-state index contributed by atoms with van der Waals surface area (Å²) in [5.41, 5.74) is 1.96. The fourth-order valence-electron chi connectivity index (χ4n) is 4.89. The predicted molar refractivity (Wildman–Crippen MR) is 133 cm³/mol. The van der Waals surface area contributed by atoms with E-state index in [9.17, 15) is 14.7 Å². The Morgan fingerprint density at radius 1 is 0.944 bits per heavy atom. The van der Waals surface area contributed by atoms with Crippen LogP contribution in [0.2, 0.25) is 0 Å². The lowest BCUT2D eigenvalue weighted by atomic mass is 9.91. The molecule has 3 aromatic carbocycles. The molecule has 2 aliphatic heterocycles. The van der Waals surface area contributed by atoms with E-state index in [-0.39, 0.29) is 17.9 Å². The number of carbonyl (C=O) groups is 2. The smallest absolute Gasteiger partial charge is 0.295 e. The second-order valence-corrected chi connectivity index (χ2v) is 8.72. The summed E-state index contributed by atoms with van der Waals surface area (Å²) in [5.74, 6) is -0.603. The molecule has 0 bridgehead atoms. The van der Waals surface area contributed by atoms with E-state index in [1.54, 1.807) is 36.7 Å². The molecule has 1 aromatic heterocycles. The van der Waals surface area contributed by atoms with Gasteiger partial charge in [-0.15, -0.1) is 0 Å². The van der Waals surface area contributed by atoms with Gasteiger partial charge in [0.05, 0.1) is 11.6 Å². The first-order valence-corrected chi connectivity index (χ1v) is 11.7. The molecular weight excluding hydrogens is 456 g/mol. The van der Waals surface area contributed by atoms with Gasteiger partial charge in [0.2, 0.25) is 0 Å². The first-order valence-electron chi connectivity index (χ1n) is 11.7. The van der Waals surface area contributed by atoms with E-state index in [0.717, 1.165) is 21.9 Å². The monoisotopic (exact) mass is 478 g/mol. The topological polar surface area (TPSA) is 89.0 Å². The van der Waals surface area contributed by atoms with Crippen LogP contribution >= 0.6 is 0 Å². The molecule has 1 amide bonds. The van der Waals surface area contributed by atoms with Crippen molar-refractivity contribution in [1.82, 2.24) is 9.88 Å². The third kappa shape index (κ3) is 3.65. The maximum atomic E-state index is 13.4. The van der Waals surface area contributed by atoms with Crippen LogP contribution < -0.4 is 9.47 Å². The molecule has 7 heteroatoms. The molecule has 1 saturated heterocycles. The largest absolute Gasteiger partial charge is 0.507 e. The fourth-order valence-corrected chi connectivity index (χ4v) is 4.89. The summed E-state index contributed by atoms with van der Waals surface area (Å²) in [6, 6.07) is 21.4. The van der Waals surface area contributed by atoms with Gasteiger partial charge in [-0.2, -0.15) is 0 Å². The van der Waals surface area contributed by atoms with E-state index >= 15 is 0 Å². The van der Waals surface area contributed by atoms with Crippen LogP contribution in [0.5, 0.6) is 11.5 Å². The van der Waals surface area contributed by atoms with E-state index in [4.69, 9.17) is 9.47 Å². The van der Waals surface area contributed by atoms with Crippen molar-refractivity contribution in [3.8, 4) is 11.5 Å². The van der Waals surface area contributed by atoms with Gasteiger partial charge in [0.1, 0.15) is 19.0 Å². The maximum absolute atomic E-state index is 13.4. The van der Waals surface area contributed by atoms with Crippen molar-refractivity contribution in [2.45, 2.75) is 12.6 Å². The fraction of sp³-hybridized carbons (Fsp3) is 0.138. The van der Waals surface area contributed by atoms with Gasteiger partial charge in [0.25, 0.3) is 11.7 Å². The van der Waals surface area contributed by atoms with Crippen LogP contribution in [-0.2, 0) is 16.1 Å². The molecule has 0 saturated carbocycles. The minimum atomic E-state index is -0.787. The van der Waals surface area contributed by atoms with Crippen LogP contribution in [0.15, 0.2) is 90.8 Å². The third-order valence-electron chi connectivity index (χ3n) is 6.55. The molecule has 0 spiro atoms. The van der Waals surface area contributed by atoms with E-state index in [1.165, 1.54) is 4.90 Å². The average molecular weight is 479 g/mol. The van der Waals surface area contributed by atoms with Crippen LogP contribution in [0.3, 0.4) is 0 Å². The Balaban J connectivity index is 1.55. The Morgan fingerprint density at radius 3 is 2.58 bits per heavy atom. The summed E-state index contributed by atoms with van der Waals surface area (Å²) in [6.07, 6.45) is 3.32. The maximum Gasteiger partial charge on any atom is 0.295 e. The second-order valence-electron chi connectivity index (χ2n) is 8.72. The highest BCUT2D eigenvalue weighted by atomic mass is 16.6. The first kappa shape index (κ1) is 21.9. The number of Topliss-reactive ketones (excluding diaryl/α,β-unsaturated/α-hetero) is 1. The van der Waals surface area contributed by atoms with Crippen molar-refractivity contribution in [2.24, 2.45) is 0 Å². The molecule has 0 aliphatic carbocycles. The Labute approximate surface area is 207 Å². The lowest BCUT2D eigenvalue weighted by molar-refractivity contribution is -0.140. The number of hydrogen-bond donors (Lipinski definition) is 1. The highest BCUT2D eigenvalue weighted by Crippen LogP contribution is 2.43. The number of likely N-dealkylation sites (tertiary alicyclic amines) is 1. The molecule has 1 atom stereocenters. The van der Waals surface area contributed by atoms with Crippen LogP contribution in [0, 0.1) is 0 Å². The van der Waals surface area contributed by atoms with E-state index in [1.807, 2.05) is 48.5 Å². The summed E-state index contributed by atoms with van der Waals surface area (Å²) >= 11 is 0. The van der Waals surface area contributed by atoms with E-state index < -0.39 is 17.7 Å². The number of ether oxygens (including phenoxy) is 2. The number of fused-ring (bicyclic) bond motifs is 2. The van der Waals surface area contributed by atoms with Crippen LogP contribution in [0.4, 0.5) is 0 Å². The van der Waals surface area contributed by atoms with Crippen LogP contribution in [-0.4, -0.2) is 39.9 Å². The lowest BCUT2D eigenvalue weighted by Gasteiger charge is -2.26. The van der Waals surface area contributed by atoms with Crippen LogP contribution in [0.25, 0.3) is 16.5 Å². The molecule has 0 radical (unpaired) electrons. The summed E-state index contributed by atoms with van der Waals surface area (Å²) in [4.78, 5) is 32.5. The first-order chi connectivity index (χ1) is 17.6. The number of ketones is 1. The number of pyridine rings is 1. The summed E-state index contributed by atoms with van der Waals surface area (Å²) in [6.45, 7) is 1.01. The van der Waals surface area contributed by atoms with Crippen molar-refractivity contribution >= 4 is 28.2 Å². The van der Waals surface area contributed by atoms with Gasteiger partial charge in [0.15, 0.2) is 11.5 Å². The Morgan fingerprint density at radius 2 is 1.75 bits per heavy atom. The molecular formula is C29H22N2O5. The minimum Gasteiger partial charge on any atom is -0.507 e. The number of rotatable bonds is 4. The summed E-state index contributed by atoms with van der Waals surface area (Å²) in [5, 5.41) is 13.3. The second kappa shape index (κ2) is 8.85. The standard InChI is InChI=1S/C29H22N2O5/c32-27(20-10-11-23-24(15-20)36-14-13-35-23)25-26(22-9-3-7-19-6-1-2-8-21(19)22)31(29(34)28(25)33)17-18-5-4-12-30-16-18/h1-12,15-16,26,32H,13-14,17H2. The van der Waals surface area contributed by atoms with Gasteiger partial charge < -0.3 is 19.5 Å². The van der Waals surface area contributed by atoms with Gasteiger partial charge in [-0.3, -0.25) is 14.6 Å². The zero-order valence-corrected chi connectivity index (χ0v) is 19.3. The van der Waals surface area contributed by atoms with Crippen molar-refractivity contribution in [2.75, 3.05) is 13.2 Å². The van der Waals surface area contributed by atoms with Crippen molar-refractivity contribution < 1.29 is 24.2 Å². The van der Waals surface area contributed by atoms with Gasteiger partial charge in [-0.1, -0.05) is 48.5 Å². The molecule has 7 nitrogen and oxygen atoms in total. The van der Waals surface area contributed by atoms with Crippen LogP contribution in [0.1, 0.15) is 22.7 Å². The summed E-state index contributed by atoms with van der Waals surface area (Å²) < 4.78 is 11.3. The Hall–Kier alpha value is -4.65. The highest BCUT2D eigenvalue weighted by molar-refractivity contribution is 6.46. The SMILES string of the molecule is O=C1C(=O)N(Cc2cccnc2)C(c2cccc3ccccc23)C1=C(O)c1ccc2c(c1)OCCO2. The molecule has 36 heavy (non-hydrogen) atoms. The van der Waals surface area contributed by atoms with Crippen molar-refractivity contribution in [3.63, 3.8) is 0 Å². The zero-order chi connectivity index (χ0) is 24.6. The predicted octanol–water partition coefficient (Wildman–Crippen LogP) is 4.63. The highest BCUT2D eigenvalue weighted by Gasteiger charge is 2.46. The number of nitrogens with zero attached hydrogens (tertiary/aromatic N) is 2. The number of aliphatic hydroxyl groups excluding tert-OH is 1. The number of hydrogen-bond acceptors (Lipinski definition) is 6. The molecule has 6 rings (SSSR count). The number of amides is 1. The Bertz CT molecular complexity index is 1520. The lowest BCUT2D eigenvalue weighted by Crippen LogP contribution is -2.29. The van der Waals surface area contributed by atoms with Crippen molar-refractivity contribution in [1.29, 1.82) is 0 Å². The Kier molecular flexibility index (Phi) is 5.37. The quantitative estimate of drug-likeness (QED) is 0.261. The number of aromatic nitrogens is 1. The average Bonchev–Trinajstić information content (AvgIpc) is 3.17. The molecule has 1 unspecified atom stereocenters. The zero-order valence-electron chi connectivity index (χ0n) is 19.3. The number of aliphatic hydroxyl groups is 1. The van der Waals surface area contributed by atoms with Gasteiger partial charge in [0, 0.05) is 24.5 Å². The minimum absolute atomic E-state index is 0.0388. The molecule has 2 aliphatic rings. The van der Waals surface area contributed by atoms with Gasteiger partial charge in [-0.05, 0) is 46.2 Å². The molecule has 1 N–H and O–H groups in total. The van der Waals surface area contributed by atoms with E-state index in [0.29, 0.717) is 30.3 Å². The number of benzene rings is 3. The molecule has 4 aromatic rings. The third-order valence-corrected chi connectivity index (χ3v) is 6.55. The number of carbonyl (C=O) groups excluding carboxylic acids is 2. The van der Waals surface area contributed by atoms with E-state index in [2.05, 4.69) is 4.98 Å². The van der Waals surface area contributed by atoms with Gasteiger partial charge >= 0.3 is 0 Å². The molecule has 178 valence electrons. The van der Waals surface area contributed by atoms with Gasteiger partial charge in [-0.25, -0.2) is 0 Å². The molecule has 1 fully saturated rings. The summed E-state index contributed by atoms with van der Waals surface area (Å²) in [7, 11) is 0. The molecule has 3 heterocycles. The van der Waals surface area contributed by atoms with Crippen molar-refractivity contribution in [3.05, 3.63) is 107 Å².